The Kier molecular flexibility index (Phi) is 5.40. The number of carboxylic acid groups (broad SMARTS) is 4. The van der Waals surface area contributed by atoms with Crippen LogP contribution in [0.15, 0.2) is 42.5 Å². The average Bonchev–Trinajstić information content (AvgIpc) is 2.61. The Bertz CT molecular complexity index is 923. The van der Waals surface area contributed by atoms with E-state index in [0.717, 1.165) is 12.1 Å². The van der Waals surface area contributed by atoms with E-state index in [1.165, 1.54) is 37.3 Å². The molecule has 0 radical (unpaired) electrons. The molecule has 0 aliphatic heterocycles. The summed E-state index contributed by atoms with van der Waals surface area (Å²) in [6.07, 6.45) is 1.40. The van der Waals surface area contributed by atoms with Gasteiger partial charge < -0.3 is 20.4 Å². The van der Waals surface area contributed by atoms with Crippen LogP contribution in [0.5, 0.6) is 0 Å². The number of carboxylic acids is 4. The molecule has 0 aliphatic rings. The lowest BCUT2D eigenvalue weighted by Crippen LogP contribution is -2.14. The zero-order chi connectivity index (χ0) is 20.3. The van der Waals surface area contributed by atoms with E-state index in [1.54, 1.807) is 0 Å². The van der Waals surface area contributed by atoms with Crippen LogP contribution in [0.4, 0.5) is 0 Å². The summed E-state index contributed by atoms with van der Waals surface area (Å²) in [5.74, 6) is -5.92. The fraction of sp³-hybridized carbons (Fsp3) is 0.0526. The first-order valence-electron chi connectivity index (χ1n) is 7.56. The standard InChI is InChI=1S/C19H14O8/c1-2-9(10-5-3-7-12(16(20)21)14(10)18(24)25)11-6-4-8-13(17(22)23)15(11)19(26)27/h2-8H,1H3,(H,20,21)(H,22,23)(H,24,25)(H,26,27). The summed E-state index contributed by atoms with van der Waals surface area (Å²) in [6.45, 7) is 1.51. The highest BCUT2D eigenvalue weighted by molar-refractivity contribution is 6.10. The number of benzene rings is 2. The fourth-order valence-electron chi connectivity index (χ4n) is 2.83. The van der Waals surface area contributed by atoms with Gasteiger partial charge in [-0.1, -0.05) is 30.3 Å². The van der Waals surface area contributed by atoms with Crippen LogP contribution < -0.4 is 0 Å². The van der Waals surface area contributed by atoms with Crippen LogP contribution in [0.1, 0.15) is 59.5 Å². The molecule has 0 bridgehead atoms. The Hall–Kier alpha value is -3.94. The summed E-state index contributed by atoms with van der Waals surface area (Å²) in [4.78, 5) is 46.2. The molecule has 0 saturated carbocycles. The first-order chi connectivity index (χ1) is 12.7. The lowest BCUT2D eigenvalue weighted by Gasteiger charge is -2.16. The van der Waals surface area contributed by atoms with Crippen LogP contribution >= 0.6 is 0 Å². The highest BCUT2D eigenvalue weighted by Crippen LogP contribution is 2.32. The van der Waals surface area contributed by atoms with Gasteiger partial charge in [-0.05, 0) is 35.8 Å². The second kappa shape index (κ2) is 7.52. The van der Waals surface area contributed by atoms with E-state index in [4.69, 9.17) is 0 Å². The van der Waals surface area contributed by atoms with Crippen molar-refractivity contribution in [1.82, 2.24) is 0 Å². The molecule has 8 heteroatoms. The molecule has 2 rings (SSSR count). The van der Waals surface area contributed by atoms with E-state index in [0.29, 0.717) is 0 Å². The molecule has 0 saturated heterocycles. The lowest BCUT2D eigenvalue weighted by molar-refractivity contribution is 0.0650. The topological polar surface area (TPSA) is 149 Å². The van der Waals surface area contributed by atoms with Gasteiger partial charge in [-0.2, -0.15) is 0 Å². The van der Waals surface area contributed by atoms with E-state index in [9.17, 15) is 39.6 Å². The second-order valence-electron chi connectivity index (χ2n) is 5.38. The summed E-state index contributed by atoms with van der Waals surface area (Å²) >= 11 is 0. The van der Waals surface area contributed by atoms with Crippen molar-refractivity contribution < 1.29 is 39.6 Å². The number of allylic oxidation sites excluding steroid dienone is 1. The number of hydrogen-bond acceptors (Lipinski definition) is 4. The number of aromatic carboxylic acids is 4. The molecule has 8 nitrogen and oxygen atoms in total. The smallest absolute Gasteiger partial charge is 0.337 e. The molecule has 0 spiro atoms. The van der Waals surface area contributed by atoms with Crippen molar-refractivity contribution in [2.75, 3.05) is 0 Å². The summed E-state index contributed by atoms with van der Waals surface area (Å²) in [6, 6.07) is 7.57. The van der Waals surface area contributed by atoms with Crippen LogP contribution in [0.3, 0.4) is 0 Å². The SMILES string of the molecule is CC=C(c1cccc(C(=O)O)c1C(=O)O)c1cccc(C(=O)O)c1C(=O)O. The molecule has 2 aromatic rings. The van der Waals surface area contributed by atoms with Gasteiger partial charge in [0.1, 0.15) is 0 Å². The first-order valence-corrected chi connectivity index (χ1v) is 7.56. The van der Waals surface area contributed by atoms with E-state index >= 15 is 0 Å². The van der Waals surface area contributed by atoms with E-state index in [-0.39, 0.29) is 16.7 Å². The van der Waals surface area contributed by atoms with Crippen LogP contribution in [-0.4, -0.2) is 44.3 Å². The van der Waals surface area contributed by atoms with Gasteiger partial charge in [0.25, 0.3) is 0 Å². The molecule has 4 N–H and O–H groups in total. The van der Waals surface area contributed by atoms with E-state index in [2.05, 4.69) is 0 Å². The minimum atomic E-state index is -1.51. The van der Waals surface area contributed by atoms with Gasteiger partial charge in [0.15, 0.2) is 0 Å². The van der Waals surface area contributed by atoms with Gasteiger partial charge in [0, 0.05) is 0 Å². The maximum Gasteiger partial charge on any atom is 0.337 e. The Labute approximate surface area is 152 Å². The number of rotatable bonds is 6. The molecule has 138 valence electrons. The van der Waals surface area contributed by atoms with Crippen molar-refractivity contribution in [3.05, 3.63) is 75.9 Å². The molecule has 0 heterocycles. The predicted molar refractivity (Wildman–Crippen MR) is 93.5 cm³/mol. The van der Waals surface area contributed by atoms with Crippen molar-refractivity contribution in [3.63, 3.8) is 0 Å². The van der Waals surface area contributed by atoms with Crippen molar-refractivity contribution >= 4 is 29.5 Å². The maximum atomic E-state index is 11.7. The summed E-state index contributed by atoms with van der Waals surface area (Å²) in [5.41, 5.74) is -1.94. The molecule has 0 aliphatic carbocycles. The Balaban J connectivity index is 2.89. The predicted octanol–water partition coefficient (Wildman–Crippen LogP) is 2.93. The quantitative estimate of drug-likeness (QED) is 0.606. The zero-order valence-electron chi connectivity index (χ0n) is 14.0. The van der Waals surface area contributed by atoms with Crippen molar-refractivity contribution in [2.24, 2.45) is 0 Å². The zero-order valence-corrected chi connectivity index (χ0v) is 14.0. The molecule has 0 unspecified atom stereocenters. The summed E-state index contributed by atoms with van der Waals surface area (Å²) in [5, 5.41) is 37.6. The van der Waals surface area contributed by atoms with Crippen LogP contribution in [0.2, 0.25) is 0 Å². The highest BCUT2D eigenvalue weighted by atomic mass is 16.4. The fourth-order valence-corrected chi connectivity index (χ4v) is 2.83. The second-order valence-corrected chi connectivity index (χ2v) is 5.38. The van der Waals surface area contributed by atoms with Gasteiger partial charge in [0.2, 0.25) is 0 Å². The Morgan fingerprint density at radius 2 is 0.963 bits per heavy atom. The summed E-state index contributed by atoms with van der Waals surface area (Å²) in [7, 11) is 0. The normalized spacial score (nSPS) is 10.1. The van der Waals surface area contributed by atoms with Crippen LogP contribution in [0, 0.1) is 0 Å². The minimum absolute atomic E-state index is 0.0325. The van der Waals surface area contributed by atoms with Crippen LogP contribution in [-0.2, 0) is 0 Å². The largest absolute Gasteiger partial charge is 0.478 e. The number of hydrogen-bond donors (Lipinski definition) is 4. The third kappa shape index (κ3) is 3.54. The summed E-state index contributed by atoms with van der Waals surface area (Å²) < 4.78 is 0. The molecule has 27 heavy (non-hydrogen) atoms. The van der Waals surface area contributed by atoms with Gasteiger partial charge in [-0.15, -0.1) is 0 Å². The number of carbonyl (C=O) groups is 4. The molecule has 0 atom stereocenters. The van der Waals surface area contributed by atoms with Gasteiger partial charge in [-0.3, -0.25) is 0 Å². The van der Waals surface area contributed by atoms with Crippen molar-refractivity contribution in [1.29, 1.82) is 0 Å². The minimum Gasteiger partial charge on any atom is -0.478 e. The van der Waals surface area contributed by atoms with Crippen molar-refractivity contribution in [3.8, 4) is 0 Å². The maximum absolute atomic E-state index is 11.7. The Morgan fingerprint density at radius 3 is 1.22 bits per heavy atom. The molecule has 0 fully saturated rings. The van der Waals surface area contributed by atoms with Gasteiger partial charge in [0.05, 0.1) is 22.3 Å². The third-order valence-corrected chi connectivity index (χ3v) is 3.89. The Morgan fingerprint density at radius 1 is 0.630 bits per heavy atom. The van der Waals surface area contributed by atoms with E-state index in [1.807, 2.05) is 0 Å². The van der Waals surface area contributed by atoms with E-state index < -0.39 is 46.1 Å². The highest BCUT2D eigenvalue weighted by Gasteiger charge is 2.26. The molecule has 0 amide bonds. The van der Waals surface area contributed by atoms with Crippen molar-refractivity contribution in [2.45, 2.75) is 6.92 Å². The molecular weight excluding hydrogens is 356 g/mol. The molecule has 0 aromatic heterocycles. The molecule has 2 aromatic carbocycles. The van der Waals surface area contributed by atoms with Gasteiger partial charge >= 0.3 is 23.9 Å². The third-order valence-electron chi connectivity index (χ3n) is 3.89. The molecular formula is C19H14O8. The monoisotopic (exact) mass is 370 g/mol. The average molecular weight is 370 g/mol. The lowest BCUT2D eigenvalue weighted by atomic mass is 9.87. The van der Waals surface area contributed by atoms with Crippen LogP contribution in [0.25, 0.3) is 5.57 Å². The van der Waals surface area contributed by atoms with Gasteiger partial charge in [-0.25, -0.2) is 19.2 Å². The first kappa shape index (κ1) is 19.4.